The van der Waals surface area contributed by atoms with Gasteiger partial charge in [-0.3, -0.25) is 4.79 Å². The van der Waals surface area contributed by atoms with Gasteiger partial charge in [0, 0.05) is 24.2 Å². The molecule has 2 aromatic carbocycles. The summed E-state index contributed by atoms with van der Waals surface area (Å²) in [6.45, 7) is 1.11. The summed E-state index contributed by atoms with van der Waals surface area (Å²) < 4.78 is 2.94. The number of carbonyl (C=O) groups excluding carboxylic acids is 1. The fraction of sp³-hybridized carbons (Fsp3) is 0.211. The first-order valence-electron chi connectivity index (χ1n) is 8.83. The Bertz CT molecular complexity index is 1170. The van der Waals surface area contributed by atoms with E-state index < -0.39 is 0 Å². The number of thiazole rings is 1. The fourth-order valence-electron chi connectivity index (χ4n) is 2.91. The number of imidazole rings is 1. The molecule has 0 saturated carbocycles. The number of anilines is 2. The Kier molecular flexibility index (Phi) is 5.17. The monoisotopic (exact) mass is 414 g/mol. The van der Waals surface area contributed by atoms with Crippen LogP contribution < -0.4 is 16.4 Å². The molecule has 2 aromatic heterocycles. The number of hydrogen-bond donors (Lipinski definition) is 3. The Balaban J connectivity index is 1.60. The minimum atomic E-state index is -0.126. The van der Waals surface area contributed by atoms with E-state index in [0.717, 1.165) is 32.8 Å². The summed E-state index contributed by atoms with van der Waals surface area (Å²) in [6, 6.07) is 11.1. The molecule has 1 amide bonds. The third-order valence-electron chi connectivity index (χ3n) is 4.38. The van der Waals surface area contributed by atoms with Crippen LogP contribution in [0.5, 0.6) is 0 Å². The molecule has 4 aromatic rings. The van der Waals surface area contributed by atoms with Crippen molar-refractivity contribution in [2.45, 2.75) is 6.42 Å². The molecular formula is C19H19ClN6OS. The molecule has 0 saturated heterocycles. The molecule has 7 nitrogen and oxygen atoms in total. The molecule has 0 bridgehead atoms. The van der Waals surface area contributed by atoms with Crippen molar-refractivity contribution in [2.24, 2.45) is 12.8 Å². The second-order valence-corrected chi connectivity index (χ2v) is 7.82. The normalized spacial score (nSPS) is 11.2. The van der Waals surface area contributed by atoms with E-state index in [-0.39, 0.29) is 5.91 Å². The number of hydrogen-bond acceptors (Lipinski definition) is 6. The highest BCUT2D eigenvalue weighted by Crippen LogP contribution is 2.30. The highest BCUT2D eigenvalue weighted by Gasteiger charge is 2.13. The SMILES string of the molecule is Cn1c(Nc2nc3ccc(Cl)cc3s2)nc2cc(C(=O)NCCCN)ccc21. The molecule has 0 aliphatic carbocycles. The van der Waals surface area contributed by atoms with E-state index >= 15 is 0 Å². The smallest absolute Gasteiger partial charge is 0.251 e. The van der Waals surface area contributed by atoms with Crippen LogP contribution in [0.25, 0.3) is 21.3 Å². The van der Waals surface area contributed by atoms with Gasteiger partial charge in [0.1, 0.15) is 0 Å². The number of fused-ring (bicyclic) bond motifs is 2. The average molecular weight is 415 g/mol. The molecule has 0 aliphatic rings. The minimum absolute atomic E-state index is 0.126. The Morgan fingerprint density at radius 3 is 2.89 bits per heavy atom. The number of carbonyl (C=O) groups is 1. The van der Waals surface area contributed by atoms with Crippen LogP contribution in [-0.4, -0.2) is 33.5 Å². The molecule has 0 aliphatic heterocycles. The van der Waals surface area contributed by atoms with E-state index in [4.69, 9.17) is 17.3 Å². The second kappa shape index (κ2) is 7.75. The van der Waals surface area contributed by atoms with Gasteiger partial charge in [0.15, 0.2) is 5.13 Å². The van der Waals surface area contributed by atoms with Gasteiger partial charge in [0.25, 0.3) is 5.91 Å². The number of nitrogens with one attached hydrogen (secondary N) is 2. The molecule has 0 radical (unpaired) electrons. The summed E-state index contributed by atoms with van der Waals surface area (Å²) in [6.07, 6.45) is 0.749. The van der Waals surface area contributed by atoms with E-state index in [1.165, 1.54) is 11.3 Å². The van der Waals surface area contributed by atoms with Crippen molar-refractivity contribution in [1.29, 1.82) is 0 Å². The Morgan fingerprint density at radius 1 is 1.21 bits per heavy atom. The number of halogens is 1. The van der Waals surface area contributed by atoms with E-state index in [9.17, 15) is 4.79 Å². The van der Waals surface area contributed by atoms with Gasteiger partial charge in [0.2, 0.25) is 5.95 Å². The van der Waals surface area contributed by atoms with Gasteiger partial charge in [-0.25, -0.2) is 9.97 Å². The van der Waals surface area contributed by atoms with Gasteiger partial charge in [0.05, 0.1) is 21.3 Å². The maximum atomic E-state index is 12.3. The first-order valence-corrected chi connectivity index (χ1v) is 10.0. The number of rotatable bonds is 6. The van der Waals surface area contributed by atoms with Crippen molar-refractivity contribution < 1.29 is 4.79 Å². The zero-order chi connectivity index (χ0) is 19.7. The molecule has 0 unspecified atom stereocenters. The second-order valence-electron chi connectivity index (χ2n) is 6.35. The third-order valence-corrected chi connectivity index (χ3v) is 5.55. The largest absolute Gasteiger partial charge is 0.352 e. The van der Waals surface area contributed by atoms with E-state index in [0.29, 0.717) is 29.6 Å². The van der Waals surface area contributed by atoms with Crippen molar-refractivity contribution >= 4 is 61.2 Å². The highest BCUT2D eigenvalue weighted by atomic mass is 35.5. The first-order chi connectivity index (χ1) is 13.5. The predicted octanol–water partition coefficient (Wildman–Crippen LogP) is 3.66. The van der Waals surface area contributed by atoms with Crippen LogP contribution in [0.2, 0.25) is 5.02 Å². The van der Waals surface area contributed by atoms with Crippen LogP contribution in [0.15, 0.2) is 36.4 Å². The number of aryl methyl sites for hydroxylation is 1. The molecule has 4 N–H and O–H groups in total. The number of nitrogens with zero attached hydrogens (tertiary/aromatic N) is 3. The van der Waals surface area contributed by atoms with Crippen molar-refractivity contribution in [3.8, 4) is 0 Å². The van der Waals surface area contributed by atoms with Crippen molar-refractivity contribution in [3.63, 3.8) is 0 Å². The van der Waals surface area contributed by atoms with E-state index in [2.05, 4.69) is 20.6 Å². The van der Waals surface area contributed by atoms with E-state index in [1.807, 2.05) is 35.9 Å². The zero-order valence-electron chi connectivity index (χ0n) is 15.2. The summed E-state index contributed by atoms with van der Waals surface area (Å²) in [7, 11) is 1.92. The summed E-state index contributed by atoms with van der Waals surface area (Å²) >= 11 is 7.56. The number of nitrogens with two attached hydrogens (primary N) is 1. The first kappa shape index (κ1) is 18.7. The molecule has 0 fully saturated rings. The fourth-order valence-corrected chi connectivity index (χ4v) is 4.04. The topological polar surface area (TPSA) is 97.9 Å². The van der Waals surface area contributed by atoms with Gasteiger partial charge in [-0.05, 0) is 49.4 Å². The molecule has 144 valence electrons. The minimum Gasteiger partial charge on any atom is -0.352 e. The Morgan fingerprint density at radius 2 is 2.07 bits per heavy atom. The van der Waals surface area contributed by atoms with Crippen LogP contribution >= 0.6 is 22.9 Å². The number of aromatic nitrogens is 3. The quantitative estimate of drug-likeness (QED) is 0.418. The lowest BCUT2D eigenvalue weighted by Crippen LogP contribution is -2.25. The van der Waals surface area contributed by atoms with Crippen molar-refractivity contribution in [2.75, 3.05) is 18.4 Å². The van der Waals surface area contributed by atoms with Crippen LogP contribution in [0.4, 0.5) is 11.1 Å². The van der Waals surface area contributed by atoms with Gasteiger partial charge in [-0.2, -0.15) is 0 Å². The molecule has 28 heavy (non-hydrogen) atoms. The molecule has 2 heterocycles. The molecule has 4 rings (SSSR count). The lowest BCUT2D eigenvalue weighted by molar-refractivity contribution is 0.0953. The van der Waals surface area contributed by atoms with Gasteiger partial charge >= 0.3 is 0 Å². The summed E-state index contributed by atoms with van der Waals surface area (Å²) in [5.41, 5.74) is 8.57. The standard InChI is InChI=1S/C19H19ClN6OS/c1-26-15-6-3-11(17(27)22-8-2-7-21)9-14(15)23-18(26)25-19-24-13-5-4-12(20)10-16(13)28-19/h3-6,9-10H,2,7-8,21H2,1H3,(H,22,27)(H,23,24,25). The average Bonchev–Trinajstić information content (AvgIpc) is 3.21. The lowest BCUT2D eigenvalue weighted by Gasteiger charge is -2.04. The Hall–Kier alpha value is -2.68. The molecule has 0 spiro atoms. The summed E-state index contributed by atoms with van der Waals surface area (Å²) in [5, 5.41) is 7.53. The highest BCUT2D eigenvalue weighted by molar-refractivity contribution is 7.22. The van der Waals surface area contributed by atoms with Crippen LogP contribution in [0, 0.1) is 0 Å². The van der Waals surface area contributed by atoms with Crippen LogP contribution in [0.3, 0.4) is 0 Å². The predicted molar refractivity (Wildman–Crippen MR) is 115 cm³/mol. The van der Waals surface area contributed by atoms with Crippen molar-refractivity contribution in [3.05, 3.63) is 47.0 Å². The maximum Gasteiger partial charge on any atom is 0.251 e. The number of amides is 1. The Labute approximate surface area is 170 Å². The number of benzene rings is 2. The summed E-state index contributed by atoms with van der Waals surface area (Å²) in [4.78, 5) is 21.4. The van der Waals surface area contributed by atoms with Gasteiger partial charge in [-0.15, -0.1) is 0 Å². The maximum absolute atomic E-state index is 12.3. The summed E-state index contributed by atoms with van der Waals surface area (Å²) in [5.74, 6) is 0.527. The van der Waals surface area contributed by atoms with Crippen LogP contribution in [-0.2, 0) is 7.05 Å². The van der Waals surface area contributed by atoms with Gasteiger partial charge < -0.3 is 20.9 Å². The van der Waals surface area contributed by atoms with Gasteiger partial charge in [-0.1, -0.05) is 22.9 Å². The van der Waals surface area contributed by atoms with E-state index in [1.54, 1.807) is 12.1 Å². The van der Waals surface area contributed by atoms with Crippen LogP contribution in [0.1, 0.15) is 16.8 Å². The molecule has 9 heteroatoms. The third kappa shape index (κ3) is 3.66. The van der Waals surface area contributed by atoms with Crippen molar-refractivity contribution in [1.82, 2.24) is 19.9 Å². The zero-order valence-corrected chi connectivity index (χ0v) is 16.8. The molecular weight excluding hydrogens is 396 g/mol. The molecule has 0 atom stereocenters. The lowest BCUT2D eigenvalue weighted by atomic mass is 10.2.